The summed E-state index contributed by atoms with van der Waals surface area (Å²) in [5.74, 6) is 1.06. The van der Waals surface area contributed by atoms with Crippen molar-refractivity contribution in [1.29, 1.82) is 0 Å². The summed E-state index contributed by atoms with van der Waals surface area (Å²) in [6.45, 7) is 3.93. The van der Waals surface area contributed by atoms with Crippen LogP contribution in [0.1, 0.15) is 39.5 Å². The van der Waals surface area contributed by atoms with Crippen LogP contribution in [0.2, 0.25) is 0 Å². The van der Waals surface area contributed by atoms with Crippen LogP contribution >= 0.6 is 0 Å². The van der Waals surface area contributed by atoms with E-state index in [-0.39, 0.29) is 12.2 Å². The highest BCUT2D eigenvalue weighted by atomic mass is 16.5. The second-order valence-corrected chi connectivity index (χ2v) is 5.20. The third kappa shape index (κ3) is 4.06. The fourth-order valence-corrected chi connectivity index (χ4v) is 2.41. The van der Waals surface area contributed by atoms with Gasteiger partial charge in [0.25, 0.3) is 0 Å². The highest BCUT2D eigenvalue weighted by molar-refractivity contribution is 5.13. The van der Waals surface area contributed by atoms with Gasteiger partial charge in [-0.2, -0.15) is 4.98 Å². The summed E-state index contributed by atoms with van der Waals surface area (Å²) in [5, 5.41) is 3.32. The lowest BCUT2D eigenvalue weighted by Crippen LogP contribution is -2.43. The fourth-order valence-electron chi connectivity index (χ4n) is 2.41. The average molecular weight is 265 g/mol. The lowest BCUT2D eigenvalue weighted by molar-refractivity contribution is 0.110. The minimum Gasteiger partial charge on any atom is -0.474 e. The zero-order valence-electron chi connectivity index (χ0n) is 11.9. The summed E-state index contributed by atoms with van der Waals surface area (Å²) in [4.78, 5) is 8.46. The molecular weight excluding hydrogens is 242 g/mol. The van der Waals surface area contributed by atoms with Gasteiger partial charge in [-0.05, 0) is 40.2 Å². The lowest BCUT2D eigenvalue weighted by Gasteiger charge is -2.31. The Bertz CT molecular complexity index is 398. The molecule has 1 saturated carbocycles. The summed E-state index contributed by atoms with van der Waals surface area (Å²) >= 11 is 0. The van der Waals surface area contributed by atoms with E-state index in [2.05, 4.69) is 15.3 Å². The molecule has 5 nitrogen and oxygen atoms in total. The molecule has 1 N–H and O–H groups in total. The van der Waals surface area contributed by atoms with Gasteiger partial charge in [0.1, 0.15) is 6.10 Å². The third-order valence-corrected chi connectivity index (χ3v) is 3.29. The lowest BCUT2D eigenvalue weighted by atomic mass is 9.92. The van der Waals surface area contributed by atoms with Crippen LogP contribution in [0.25, 0.3) is 0 Å². The van der Waals surface area contributed by atoms with Crippen molar-refractivity contribution in [3.8, 4) is 11.8 Å². The van der Waals surface area contributed by atoms with E-state index in [1.54, 1.807) is 12.4 Å². The van der Waals surface area contributed by atoms with Crippen LogP contribution in [0.4, 0.5) is 0 Å². The maximum absolute atomic E-state index is 5.96. The van der Waals surface area contributed by atoms with Crippen molar-refractivity contribution in [1.82, 2.24) is 15.3 Å². The van der Waals surface area contributed by atoms with Crippen LogP contribution < -0.4 is 14.8 Å². The Labute approximate surface area is 114 Å². The molecule has 19 heavy (non-hydrogen) atoms. The molecule has 0 aliphatic heterocycles. The zero-order chi connectivity index (χ0) is 13.7. The molecular formula is C14H23N3O2. The van der Waals surface area contributed by atoms with E-state index >= 15 is 0 Å². The Hall–Kier alpha value is -1.36. The van der Waals surface area contributed by atoms with Gasteiger partial charge in [-0.25, -0.2) is 0 Å². The van der Waals surface area contributed by atoms with Crippen LogP contribution in [0.15, 0.2) is 12.4 Å². The van der Waals surface area contributed by atoms with Crippen molar-refractivity contribution in [2.75, 3.05) is 7.05 Å². The first-order valence-corrected chi connectivity index (χ1v) is 7.01. The van der Waals surface area contributed by atoms with Crippen LogP contribution in [-0.2, 0) is 0 Å². The summed E-state index contributed by atoms with van der Waals surface area (Å²) in [6, 6.07) is 0.394. The number of likely N-dealkylation sites (N-methyl/N-ethyl adjacent to an activating group) is 1. The van der Waals surface area contributed by atoms with Crippen LogP contribution in [0.3, 0.4) is 0 Å². The van der Waals surface area contributed by atoms with Gasteiger partial charge >= 0.3 is 0 Å². The van der Waals surface area contributed by atoms with Crippen molar-refractivity contribution in [3.05, 3.63) is 12.4 Å². The molecule has 0 radical (unpaired) electrons. The molecule has 1 aliphatic rings. The van der Waals surface area contributed by atoms with Gasteiger partial charge in [-0.3, -0.25) is 4.98 Å². The highest BCUT2D eigenvalue weighted by Gasteiger charge is 2.25. The minimum absolute atomic E-state index is 0.0873. The van der Waals surface area contributed by atoms with Gasteiger partial charge in [0.2, 0.25) is 11.8 Å². The topological polar surface area (TPSA) is 56.3 Å². The van der Waals surface area contributed by atoms with Crippen molar-refractivity contribution in [3.63, 3.8) is 0 Å². The van der Waals surface area contributed by atoms with E-state index in [0.29, 0.717) is 17.8 Å². The molecule has 106 valence electrons. The van der Waals surface area contributed by atoms with Gasteiger partial charge in [0.05, 0.1) is 18.5 Å². The number of hydrogen-bond acceptors (Lipinski definition) is 5. The number of aromatic nitrogens is 2. The van der Waals surface area contributed by atoms with Crippen molar-refractivity contribution in [2.24, 2.45) is 0 Å². The minimum atomic E-state index is 0.0873. The summed E-state index contributed by atoms with van der Waals surface area (Å²) in [6.07, 6.45) is 8.19. The molecule has 2 unspecified atom stereocenters. The molecule has 0 amide bonds. The van der Waals surface area contributed by atoms with Gasteiger partial charge < -0.3 is 14.8 Å². The van der Waals surface area contributed by atoms with Crippen molar-refractivity contribution < 1.29 is 9.47 Å². The standard InChI is InChI=1S/C14H23N3O2/c1-10(2)18-13-8-16-9-14(17-13)19-12-7-5-4-6-11(12)15-3/h8-12,15H,4-7H2,1-3H3. The van der Waals surface area contributed by atoms with E-state index in [4.69, 9.17) is 9.47 Å². The number of ether oxygens (including phenoxy) is 2. The third-order valence-electron chi connectivity index (χ3n) is 3.29. The predicted octanol–water partition coefficient (Wildman–Crippen LogP) is 2.17. The molecule has 1 heterocycles. The SMILES string of the molecule is CNC1CCCCC1Oc1cncc(OC(C)C)n1. The smallest absolute Gasteiger partial charge is 0.235 e. The monoisotopic (exact) mass is 265 g/mol. The molecule has 5 heteroatoms. The first-order valence-electron chi connectivity index (χ1n) is 7.01. The molecule has 0 bridgehead atoms. The Balaban J connectivity index is 2.01. The van der Waals surface area contributed by atoms with E-state index in [1.807, 2.05) is 20.9 Å². The van der Waals surface area contributed by atoms with Gasteiger partial charge in [0.15, 0.2) is 0 Å². The molecule has 1 aliphatic carbocycles. The van der Waals surface area contributed by atoms with E-state index in [0.717, 1.165) is 12.8 Å². The maximum atomic E-state index is 5.96. The van der Waals surface area contributed by atoms with Crippen LogP contribution in [0, 0.1) is 0 Å². The Morgan fingerprint density at radius 2 is 1.95 bits per heavy atom. The van der Waals surface area contributed by atoms with E-state index in [9.17, 15) is 0 Å². The summed E-state index contributed by atoms with van der Waals surface area (Å²) in [7, 11) is 1.98. The molecule has 1 aromatic heterocycles. The molecule has 0 aromatic carbocycles. The first-order chi connectivity index (χ1) is 9.19. The van der Waals surface area contributed by atoms with Gasteiger partial charge in [-0.15, -0.1) is 0 Å². The van der Waals surface area contributed by atoms with E-state index < -0.39 is 0 Å². The highest BCUT2D eigenvalue weighted by Crippen LogP contribution is 2.23. The van der Waals surface area contributed by atoms with E-state index in [1.165, 1.54) is 12.8 Å². The summed E-state index contributed by atoms with van der Waals surface area (Å²) < 4.78 is 11.5. The molecule has 0 saturated heterocycles. The van der Waals surface area contributed by atoms with Crippen LogP contribution in [0.5, 0.6) is 11.8 Å². The summed E-state index contributed by atoms with van der Waals surface area (Å²) in [5.41, 5.74) is 0. The second kappa shape index (κ2) is 6.70. The van der Waals surface area contributed by atoms with Crippen molar-refractivity contribution >= 4 is 0 Å². The fraction of sp³-hybridized carbons (Fsp3) is 0.714. The Morgan fingerprint density at radius 3 is 2.68 bits per heavy atom. The molecule has 0 spiro atoms. The number of hydrogen-bond donors (Lipinski definition) is 1. The molecule has 1 fully saturated rings. The Morgan fingerprint density at radius 1 is 1.21 bits per heavy atom. The Kier molecular flexibility index (Phi) is 4.96. The quantitative estimate of drug-likeness (QED) is 0.884. The second-order valence-electron chi connectivity index (χ2n) is 5.20. The zero-order valence-corrected chi connectivity index (χ0v) is 11.9. The maximum Gasteiger partial charge on any atom is 0.235 e. The first kappa shape index (κ1) is 14.1. The van der Waals surface area contributed by atoms with Gasteiger partial charge in [-0.1, -0.05) is 6.42 Å². The predicted molar refractivity (Wildman–Crippen MR) is 73.5 cm³/mol. The largest absolute Gasteiger partial charge is 0.474 e. The number of nitrogens with one attached hydrogen (secondary N) is 1. The molecule has 2 rings (SSSR count). The van der Waals surface area contributed by atoms with Crippen molar-refractivity contribution in [2.45, 2.75) is 57.8 Å². The van der Waals surface area contributed by atoms with Gasteiger partial charge in [0, 0.05) is 6.04 Å². The van der Waals surface area contributed by atoms with Crippen LogP contribution in [-0.4, -0.2) is 35.3 Å². The molecule has 2 atom stereocenters. The average Bonchev–Trinajstić information content (AvgIpc) is 2.39. The number of nitrogens with zero attached hydrogens (tertiary/aromatic N) is 2. The normalized spacial score (nSPS) is 23.4. The number of rotatable bonds is 5. The molecule has 1 aromatic rings.